The molecule has 2 N–H and O–H groups in total. The smallest absolute Gasteiger partial charge is 0.229 e. The van der Waals surface area contributed by atoms with Gasteiger partial charge in [-0.1, -0.05) is 12.1 Å². The van der Waals surface area contributed by atoms with Crippen LogP contribution < -0.4 is 10.5 Å². The van der Waals surface area contributed by atoms with Gasteiger partial charge in [-0.2, -0.15) is 0 Å². The zero-order chi connectivity index (χ0) is 13.8. The molecule has 1 rings (SSSR count). The Labute approximate surface area is 109 Å². The number of carbonyl (C=O) groups is 1. The molecule has 1 aromatic rings. The lowest BCUT2D eigenvalue weighted by Crippen LogP contribution is -2.42. The summed E-state index contributed by atoms with van der Waals surface area (Å²) in [6.45, 7) is 4.64. The van der Waals surface area contributed by atoms with E-state index in [4.69, 9.17) is 10.5 Å². The summed E-state index contributed by atoms with van der Waals surface area (Å²) in [4.78, 5) is 13.8. The van der Waals surface area contributed by atoms with Gasteiger partial charge in [0.2, 0.25) is 5.91 Å². The SMILES string of the molecule is COc1ccc(CN(C)C(=O)C(C)(C)CN)cc1. The molecule has 0 bridgehead atoms. The first kappa shape index (κ1) is 14.5. The molecular weight excluding hydrogens is 228 g/mol. The molecule has 0 spiro atoms. The van der Waals surface area contributed by atoms with Gasteiger partial charge >= 0.3 is 0 Å². The molecule has 0 aliphatic carbocycles. The van der Waals surface area contributed by atoms with E-state index in [-0.39, 0.29) is 5.91 Å². The summed E-state index contributed by atoms with van der Waals surface area (Å²) in [6.07, 6.45) is 0. The number of rotatable bonds is 5. The Bertz CT molecular complexity index is 399. The molecule has 0 saturated heterocycles. The number of nitrogens with zero attached hydrogens (tertiary/aromatic N) is 1. The van der Waals surface area contributed by atoms with Crippen molar-refractivity contribution in [3.8, 4) is 5.75 Å². The first-order valence-corrected chi connectivity index (χ1v) is 5.99. The predicted octanol–water partition coefficient (Wildman–Crippen LogP) is 1.64. The highest BCUT2D eigenvalue weighted by molar-refractivity contribution is 5.81. The predicted molar refractivity (Wildman–Crippen MR) is 72.3 cm³/mol. The van der Waals surface area contributed by atoms with Crippen LogP contribution in [0.4, 0.5) is 0 Å². The standard InChI is InChI=1S/C14H22N2O2/c1-14(2,10-15)13(17)16(3)9-11-5-7-12(18-4)8-6-11/h5-8H,9-10,15H2,1-4H3. The molecule has 1 aromatic carbocycles. The third-order valence-corrected chi connectivity index (χ3v) is 3.01. The molecule has 4 nitrogen and oxygen atoms in total. The Morgan fingerprint density at radius 1 is 1.33 bits per heavy atom. The van der Waals surface area contributed by atoms with Gasteiger partial charge in [0.05, 0.1) is 12.5 Å². The second-order valence-electron chi connectivity index (χ2n) is 5.10. The van der Waals surface area contributed by atoms with E-state index >= 15 is 0 Å². The molecule has 0 aromatic heterocycles. The molecular formula is C14H22N2O2. The number of carbonyl (C=O) groups excluding carboxylic acids is 1. The third kappa shape index (κ3) is 3.47. The molecule has 18 heavy (non-hydrogen) atoms. The summed E-state index contributed by atoms with van der Waals surface area (Å²) >= 11 is 0. The Morgan fingerprint density at radius 2 is 1.89 bits per heavy atom. The van der Waals surface area contributed by atoms with Crippen LogP contribution in [0.15, 0.2) is 24.3 Å². The van der Waals surface area contributed by atoms with Crippen LogP contribution in [0.5, 0.6) is 5.75 Å². The zero-order valence-corrected chi connectivity index (χ0v) is 11.6. The van der Waals surface area contributed by atoms with E-state index in [0.717, 1.165) is 11.3 Å². The van der Waals surface area contributed by atoms with E-state index in [9.17, 15) is 4.79 Å². The Hall–Kier alpha value is -1.55. The number of nitrogens with two attached hydrogens (primary N) is 1. The minimum Gasteiger partial charge on any atom is -0.497 e. The molecule has 0 saturated carbocycles. The fraction of sp³-hybridized carbons (Fsp3) is 0.500. The molecule has 100 valence electrons. The monoisotopic (exact) mass is 250 g/mol. The van der Waals surface area contributed by atoms with E-state index in [0.29, 0.717) is 13.1 Å². The Morgan fingerprint density at radius 3 is 2.33 bits per heavy atom. The maximum atomic E-state index is 12.1. The summed E-state index contributed by atoms with van der Waals surface area (Å²) in [5, 5.41) is 0. The van der Waals surface area contributed by atoms with Crippen LogP contribution in [-0.4, -0.2) is 31.5 Å². The van der Waals surface area contributed by atoms with Gasteiger partial charge in [-0.25, -0.2) is 0 Å². The summed E-state index contributed by atoms with van der Waals surface area (Å²) in [5.41, 5.74) is 6.17. The van der Waals surface area contributed by atoms with Crippen molar-refractivity contribution in [3.05, 3.63) is 29.8 Å². The van der Waals surface area contributed by atoms with E-state index in [1.807, 2.05) is 38.1 Å². The van der Waals surface area contributed by atoms with Crippen molar-refractivity contribution >= 4 is 5.91 Å². The van der Waals surface area contributed by atoms with Crippen molar-refractivity contribution in [2.24, 2.45) is 11.1 Å². The van der Waals surface area contributed by atoms with Gasteiger partial charge < -0.3 is 15.4 Å². The molecule has 0 heterocycles. The molecule has 0 atom stereocenters. The maximum Gasteiger partial charge on any atom is 0.229 e. The number of methoxy groups -OCH3 is 1. The highest BCUT2D eigenvalue weighted by Gasteiger charge is 2.28. The third-order valence-electron chi connectivity index (χ3n) is 3.01. The average Bonchev–Trinajstić information content (AvgIpc) is 2.38. The van der Waals surface area contributed by atoms with Crippen LogP contribution in [0.2, 0.25) is 0 Å². The van der Waals surface area contributed by atoms with Gasteiger partial charge in [0, 0.05) is 20.1 Å². The highest BCUT2D eigenvalue weighted by atomic mass is 16.5. The van der Waals surface area contributed by atoms with Gasteiger partial charge in [-0.05, 0) is 31.5 Å². The number of hydrogen-bond donors (Lipinski definition) is 1. The first-order chi connectivity index (χ1) is 8.40. The molecule has 0 aliphatic rings. The van der Waals surface area contributed by atoms with Gasteiger partial charge in [0.1, 0.15) is 5.75 Å². The lowest BCUT2D eigenvalue weighted by molar-refractivity contribution is -0.139. The first-order valence-electron chi connectivity index (χ1n) is 5.99. The van der Waals surface area contributed by atoms with Crippen LogP contribution in [0.3, 0.4) is 0 Å². The minimum absolute atomic E-state index is 0.0563. The average molecular weight is 250 g/mol. The van der Waals surface area contributed by atoms with Gasteiger partial charge in [0.15, 0.2) is 0 Å². The lowest BCUT2D eigenvalue weighted by atomic mass is 9.92. The van der Waals surface area contributed by atoms with E-state index in [1.165, 1.54) is 0 Å². The van der Waals surface area contributed by atoms with Crippen LogP contribution >= 0.6 is 0 Å². The normalized spacial score (nSPS) is 11.2. The number of ether oxygens (including phenoxy) is 1. The highest BCUT2D eigenvalue weighted by Crippen LogP contribution is 2.18. The van der Waals surface area contributed by atoms with Crippen LogP contribution in [-0.2, 0) is 11.3 Å². The Balaban J connectivity index is 2.69. The van der Waals surface area contributed by atoms with Crippen LogP contribution in [0.1, 0.15) is 19.4 Å². The lowest BCUT2D eigenvalue weighted by Gasteiger charge is -2.28. The fourth-order valence-corrected chi connectivity index (χ4v) is 1.68. The maximum absolute atomic E-state index is 12.1. The second kappa shape index (κ2) is 5.87. The number of hydrogen-bond acceptors (Lipinski definition) is 3. The number of amides is 1. The molecule has 1 amide bonds. The van der Waals surface area contributed by atoms with Crippen LogP contribution in [0.25, 0.3) is 0 Å². The van der Waals surface area contributed by atoms with Crippen molar-refractivity contribution in [1.82, 2.24) is 4.90 Å². The molecule has 0 fully saturated rings. The van der Waals surface area contributed by atoms with E-state index in [1.54, 1.807) is 19.1 Å². The molecule has 0 unspecified atom stereocenters. The zero-order valence-electron chi connectivity index (χ0n) is 11.6. The number of benzene rings is 1. The summed E-state index contributed by atoms with van der Waals surface area (Å²) in [7, 11) is 3.43. The molecule has 4 heteroatoms. The second-order valence-corrected chi connectivity index (χ2v) is 5.10. The molecule has 0 aliphatic heterocycles. The summed E-state index contributed by atoms with van der Waals surface area (Å²) in [5.74, 6) is 0.871. The minimum atomic E-state index is -0.513. The van der Waals surface area contributed by atoms with E-state index in [2.05, 4.69) is 0 Å². The fourth-order valence-electron chi connectivity index (χ4n) is 1.68. The summed E-state index contributed by atoms with van der Waals surface area (Å²) in [6, 6.07) is 7.69. The summed E-state index contributed by atoms with van der Waals surface area (Å²) < 4.78 is 5.10. The largest absolute Gasteiger partial charge is 0.497 e. The van der Waals surface area contributed by atoms with Gasteiger partial charge in [-0.3, -0.25) is 4.79 Å². The van der Waals surface area contributed by atoms with Crippen molar-refractivity contribution in [1.29, 1.82) is 0 Å². The van der Waals surface area contributed by atoms with Crippen molar-refractivity contribution < 1.29 is 9.53 Å². The quantitative estimate of drug-likeness (QED) is 0.864. The van der Waals surface area contributed by atoms with Gasteiger partial charge in [-0.15, -0.1) is 0 Å². The van der Waals surface area contributed by atoms with Crippen LogP contribution in [0, 0.1) is 5.41 Å². The van der Waals surface area contributed by atoms with Gasteiger partial charge in [0.25, 0.3) is 0 Å². The van der Waals surface area contributed by atoms with E-state index < -0.39 is 5.41 Å². The Kier molecular flexibility index (Phi) is 4.73. The topological polar surface area (TPSA) is 55.6 Å². The van der Waals surface area contributed by atoms with Crippen molar-refractivity contribution in [2.45, 2.75) is 20.4 Å². The van der Waals surface area contributed by atoms with Crippen molar-refractivity contribution in [3.63, 3.8) is 0 Å². The molecule has 0 radical (unpaired) electrons. The van der Waals surface area contributed by atoms with Crippen molar-refractivity contribution in [2.75, 3.05) is 20.7 Å².